The van der Waals surface area contributed by atoms with Crippen LogP contribution in [0.25, 0.3) is 11.2 Å². The van der Waals surface area contributed by atoms with Crippen LogP contribution in [0.15, 0.2) is 18.6 Å². The minimum absolute atomic E-state index is 0.00784. The predicted molar refractivity (Wildman–Crippen MR) is 94.9 cm³/mol. The number of anilines is 1. The molecule has 29 heavy (non-hydrogen) atoms. The lowest BCUT2D eigenvalue weighted by molar-refractivity contribution is -0.00650. The van der Waals surface area contributed by atoms with Crippen LogP contribution in [0.4, 0.5) is 5.69 Å². The zero-order valence-corrected chi connectivity index (χ0v) is 17.3. The number of fused-ring (bicyclic) bond motifs is 1. The van der Waals surface area contributed by atoms with Crippen molar-refractivity contribution >= 4 is 40.3 Å². The van der Waals surface area contributed by atoms with Crippen LogP contribution in [0, 0.1) is 0 Å². The fourth-order valence-electron chi connectivity index (χ4n) is 2.72. The highest BCUT2D eigenvalue weighted by atomic mass is 31.3. The van der Waals surface area contributed by atoms with Gasteiger partial charge in [-0.15, -0.1) is 0 Å². The van der Waals surface area contributed by atoms with Crippen LogP contribution in [-0.2, 0) is 31.6 Å². The fraction of sp³-hybridized carbons (Fsp3) is 0.455. The number of nitrogens with two attached hydrogens (primary N) is 1. The van der Waals surface area contributed by atoms with Gasteiger partial charge in [0.2, 0.25) is 0 Å². The second-order valence-electron chi connectivity index (χ2n) is 5.99. The zero-order valence-electron chi connectivity index (χ0n) is 14.6. The van der Waals surface area contributed by atoms with Gasteiger partial charge in [0, 0.05) is 12.6 Å². The van der Waals surface area contributed by atoms with Gasteiger partial charge in [0.15, 0.2) is 5.65 Å². The van der Waals surface area contributed by atoms with Crippen LogP contribution in [-0.4, -0.2) is 46.3 Å². The zero-order chi connectivity index (χ0) is 21.6. The van der Waals surface area contributed by atoms with Crippen molar-refractivity contribution in [1.29, 1.82) is 0 Å². The maximum atomic E-state index is 12.0. The van der Waals surface area contributed by atoms with E-state index in [4.69, 9.17) is 24.8 Å². The second kappa shape index (κ2) is 7.80. The fourth-order valence-corrected chi connectivity index (χ4v) is 5.98. The molecule has 3 heterocycles. The van der Waals surface area contributed by atoms with E-state index in [1.165, 1.54) is 24.0 Å². The Hall–Kier alpha value is -1.21. The van der Waals surface area contributed by atoms with Crippen molar-refractivity contribution in [3.8, 4) is 0 Å². The SMILES string of the molecule is C[C@H]1O[C@@H](n2cnc3c(N)ccnc32)CC1OP(=O)(O)OP(=O)(O)OP(=O)(O)O. The number of ether oxygens (including phenoxy) is 1. The molecule has 6 N–H and O–H groups in total. The van der Waals surface area contributed by atoms with Crippen LogP contribution in [0.2, 0.25) is 0 Å². The molecule has 0 aliphatic carbocycles. The monoisotopic (exact) mass is 474 g/mol. The van der Waals surface area contributed by atoms with Crippen molar-refractivity contribution in [3.05, 3.63) is 18.6 Å². The Morgan fingerprint density at radius 2 is 1.86 bits per heavy atom. The Morgan fingerprint density at radius 3 is 2.52 bits per heavy atom. The molecule has 2 aromatic rings. The molecule has 1 aliphatic heterocycles. The lowest BCUT2D eigenvalue weighted by atomic mass is 10.2. The van der Waals surface area contributed by atoms with Gasteiger partial charge in [0.05, 0.1) is 24.2 Å². The number of rotatable bonds is 7. The number of hydrogen-bond acceptors (Lipinski definition) is 10. The summed E-state index contributed by atoms with van der Waals surface area (Å²) in [7, 11) is -16.3. The highest BCUT2D eigenvalue weighted by Gasteiger charge is 2.45. The standard InChI is InChI=1S/C11H17N4O11P3/c1-6-8(24-28(19,20)26-29(21,22)25-27(16,17)18)4-9(23-6)15-5-14-10-7(12)2-3-13-11(10)15/h2-3,5-6,8-9H,4H2,1H3,(H2,12,13)(H,19,20)(H,21,22)(H2,16,17,18)/t6-,8?,9-/m1/s1. The Bertz CT molecular complexity index is 1050. The minimum atomic E-state index is -5.59. The Morgan fingerprint density at radius 1 is 1.17 bits per heavy atom. The molecule has 0 saturated carbocycles. The van der Waals surface area contributed by atoms with Crippen molar-refractivity contribution in [1.82, 2.24) is 14.5 Å². The van der Waals surface area contributed by atoms with Crippen LogP contribution >= 0.6 is 23.5 Å². The third-order valence-electron chi connectivity index (χ3n) is 3.82. The summed E-state index contributed by atoms with van der Waals surface area (Å²) >= 11 is 0. The first kappa shape index (κ1) is 22.5. The van der Waals surface area contributed by atoms with Crippen LogP contribution in [0.3, 0.4) is 0 Å². The summed E-state index contributed by atoms with van der Waals surface area (Å²) in [6, 6.07) is 1.57. The number of phosphoric ester groups is 1. The third kappa shape index (κ3) is 5.48. The number of nitrogens with zero attached hydrogens (tertiary/aromatic N) is 3. The van der Waals surface area contributed by atoms with Gasteiger partial charge in [0.25, 0.3) is 0 Å². The van der Waals surface area contributed by atoms with Crippen molar-refractivity contribution in [2.24, 2.45) is 0 Å². The molecule has 3 unspecified atom stereocenters. The van der Waals surface area contributed by atoms with Gasteiger partial charge in [-0.2, -0.15) is 8.62 Å². The number of hydrogen-bond donors (Lipinski definition) is 5. The van der Waals surface area contributed by atoms with Crippen molar-refractivity contribution < 1.29 is 51.2 Å². The minimum Gasteiger partial charge on any atom is -0.397 e. The molecule has 2 aromatic heterocycles. The maximum Gasteiger partial charge on any atom is 0.490 e. The normalized spacial score (nSPS) is 27.0. The van der Waals surface area contributed by atoms with Gasteiger partial charge in [-0.3, -0.25) is 9.09 Å². The van der Waals surface area contributed by atoms with E-state index in [1.54, 1.807) is 6.07 Å². The summed E-state index contributed by atoms with van der Waals surface area (Å²) in [5.74, 6) is 0. The largest absolute Gasteiger partial charge is 0.490 e. The number of nitrogen functional groups attached to an aromatic ring is 1. The van der Waals surface area contributed by atoms with Gasteiger partial charge >= 0.3 is 23.5 Å². The average molecular weight is 474 g/mol. The smallest absolute Gasteiger partial charge is 0.397 e. The van der Waals surface area contributed by atoms with Crippen LogP contribution in [0.5, 0.6) is 0 Å². The van der Waals surface area contributed by atoms with E-state index in [0.717, 1.165) is 0 Å². The topological polar surface area (TPSA) is 226 Å². The summed E-state index contributed by atoms with van der Waals surface area (Å²) in [5.41, 5.74) is 7.05. The Labute approximate surface area is 162 Å². The predicted octanol–water partition coefficient (Wildman–Crippen LogP) is 1.03. The van der Waals surface area contributed by atoms with E-state index in [-0.39, 0.29) is 6.42 Å². The summed E-state index contributed by atoms with van der Waals surface area (Å²) in [6.07, 6.45) is 0.289. The molecule has 0 bridgehead atoms. The number of aromatic nitrogens is 3. The number of imidazole rings is 1. The molecule has 162 valence electrons. The van der Waals surface area contributed by atoms with Crippen molar-refractivity contribution in [2.75, 3.05) is 5.73 Å². The summed E-state index contributed by atoms with van der Waals surface area (Å²) in [6.45, 7) is 1.51. The van der Waals surface area contributed by atoms with E-state index in [2.05, 4.69) is 18.6 Å². The lowest BCUT2D eigenvalue weighted by Crippen LogP contribution is -2.20. The highest BCUT2D eigenvalue weighted by Crippen LogP contribution is 2.67. The lowest BCUT2D eigenvalue weighted by Gasteiger charge is -2.20. The summed E-state index contributed by atoms with van der Waals surface area (Å²) in [5, 5.41) is 0. The average Bonchev–Trinajstić information content (AvgIpc) is 3.08. The van der Waals surface area contributed by atoms with Gasteiger partial charge in [0.1, 0.15) is 11.7 Å². The molecule has 1 aliphatic rings. The first-order valence-electron chi connectivity index (χ1n) is 7.81. The quantitative estimate of drug-likeness (QED) is 0.353. The molecular formula is C11H17N4O11P3. The molecule has 1 fully saturated rings. The molecule has 3 rings (SSSR count). The van der Waals surface area contributed by atoms with E-state index >= 15 is 0 Å². The number of pyridine rings is 1. The first-order valence-corrected chi connectivity index (χ1v) is 12.3. The van der Waals surface area contributed by atoms with Crippen molar-refractivity contribution in [3.63, 3.8) is 0 Å². The molecule has 1 saturated heterocycles. The molecule has 5 atom stereocenters. The molecule has 18 heteroatoms. The van der Waals surface area contributed by atoms with Crippen LogP contribution < -0.4 is 5.73 Å². The second-order valence-corrected chi connectivity index (χ2v) is 10.4. The van der Waals surface area contributed by atoms with E-state index in [9.17, 15) is 23.5 Å². The molecule has 0 aromatic carbocycles. The van der Waals surface area contributed by atoms with E-state index < -0.39 is 41.9 Å². The molecule has 15 nitrogen and oxygen atoms in total. The van der Waals surface area contributed by atoms with Gasteiger partial charge in [-0.05, 0) is 13.0 Å². The Kier molecular flexibility index (Phi) is 6.05. The summed E-state index contributed by atoms with van der Waals surface area (Å²) in [4.78, 5) is 44.3. The third-order valence-corrected chi connectivity index (χ3v) is 7.68. The van der Waals surface area contributed by atoms with Crippen molar-refractivity contribution in [2.45, 2.75) is 31.8 Å². The molecule has 0 spiro atoms. The van der Waals surface area contributed by atoms with E-state index in [1.807, 2.05) is 0 Å². The maximum absolute atomic E-state index is 12.0. The van der Waals surface area contributed by atoms with E-state index in [0.29, 0.717) is 16.9 Å². The van der Waals surface area contributed by atoms with Gasteiger partial charge < -0.3 is 30.0 Å². The molecular weight excluding hydrogens is 457 g/mol. The number of phosphoric acid groups is 3. The molecule has 0 radical (unpaired) electrons. The van der Waals surface area contributed by atoms with Gasteiger partial charge in [-0.1, -0.05) is 0 Å². The molecule has 0 amide bonds. The van der Waals surface area contributed by atoms with Crippen LogP contribution in [0.1, 0.15) is 19.6 Å². The Balaban J connectivity index is 1.72. The van der Waals surface area contributed by atoms with Gasteiger partial charge in [-0.25, -0.2) is 23.7 Å². The highest BCUT2D eigenvalue weighted by molar-refractivity contribution is 7.66. The first-order chi connectivity index (χ1) is 13.3. The summed E-state index contributed by atoms with van der Waals surface area (Å²) < 4.78 is 53.5.